The van der Waals surface area contributed by atoms with Gasteiger partial charge in [0.2, 0.25) is 0 Å². The molecule has 0 spiro atoms. The lowest BCUT2D eigenvalue weighted by atomic mass is 9.77. The number of hydrogen-bond donors (Lipinski definition) is 0. The van der Waals surface area contributed by atoms with Crippen LogP contribution in [0.15, 0.2) is 0 Å². The van der Waals surface area contributed by atoms with Gasteiger partial charge in [0, 0.05) is 12.1 Å². The molecule has 0 aliphatic carbocycles. The van der Waals surface area contributed by atoms with Crippen molar-refractivity contribution in [3.8, 4) is 0 Å². The van der Waals surface area contributed by atoms with Crippen LogP contribution in [-0.2, 0) is 0 Å². The van der Waals surface area contributed by atoms with Crippen LogP contribution in [0.4, 0.5) is 0 Å². The largest absolute Gasteiger partial charge is 0.300 e. The molecular formula is C14H29N. The molecular weight excluding hydrogens is 182 g/mol. The molecule has 0 saturated carbocycles. The van der Waals surface area contributed by atoms with Crippen LogP contribution < -0.4 is 0 Å². The van der Waals surface area contributed by atoms with E-state index in [2.05, 4.69) is 39.6 Å². The van der Waals surface area contributed by atoms with Crippen molar-refractivity contribution in [2.45, 2.75) is 71.9 Å². The van der Waals surface area contributed by atoms with Crippen molar-refractivity contribution >= 4 is 0 Å². The molecule has 1 saturated heterocycles. The molecule has 90 valence electrons. The second-order valence-corrected chi connectivity index (χ2v) is 5.57. The van der Waals surface area contributed by atoms with E-state index in [1.165, 1.54) is 32.1 Å². The maximum absolute atomic E-state index is 2.69. The van der Waals surface area contributed by atoms with Gasteiger partial charge in [-0.3, -0.25) is 4.90 Å². The van der Waals surface area contributed by atoms with Gasteiger partial charge in [0.25, 0.3) is 0 Å². The number of likely N-dealkylation sites (tertiary alicyclic amines) is 1. The van der Waals surface area contributed by atoms with E-state index in [4.69, 9.17) is 0 Å². The van der Waals surface area contributed by atoms with Crippen molar-refractivity contribution in [3.63, 3.8) is 0 Å². The minimum atomic E-state index is 0.836. The smallest absolute Gasteiger partial charge is 0.0121 e. The molecule has 1 heterocycles. The molecule has 0 amide bonds. The summed E-state index contributed by atoms with van der Waals surface area (Å²) in [4.78, 5) is 2.69. The first-order valence-electron chi connectivity index (χ1n) is 6.83. The van der Waals surface area contributed by atoms with E-state index >= 15 is 0 Å². The predicted molar refractivity (Wildman–Crippen MR) is 68.1 cm³/mol. The van der Waals surface area contributed by atoms with Crippen LogP contribution in [0.5, 0.6) is 0 Å². The Balaban J connectivity index is 2.65. The maximum atomic E-state index is 2.69. The second-order valence-electron chi connectivity index (χ2n) is 5.57. The van der Waals surface area contributed by atoms with E-state index in [9.17, 15) is 0 Å². The number of nitrogens with zero attached hydrogens (tertiary/aromatic N) is 1. The third-order valence-corrected chi connectivity index (χ3v) is 4.27. The van der Waals surface area contributed by atoms with Crippen LogP contribution in [0.2, 0.25) is 0 Å². The zero-order chi connectivity index (χ0) is 11.4. The summed E-state index contributed by atoms with van der Waals surface area (Å²) in [5.41, 5.74) is 0. The first-order valence-corrected chi connectivity index (χ1v) is 6.83. The van der Waals surface area contributed by atoms with Crippen LogP contribution in [0, 0.1) is 11.8 Å². The SMILES string of the molecule is CCC[C@@H]1[C@H](C)C[C@H](C)[C@H](CCC)N1C. The van der Waals surface area contributed by atoms with Gasteiger partial charge in [0.05, 0.1) is 0 Å². The summed E-state index contributed by atoms with van der Waals surface area (Å²) in [5, 5.41) is 0. The molecule has 0 aromatic carbocycles. The first kappa shape index (κ1) is 13.0. The lowest BCUT2D eigenvalue weighted by Gasteiger charge is -2.47. The average molecular weight is 211 g/mol. The monoisotopic (exact) mass is 211 g/mol. The van der Waals surface area contributed by atoms with Gasteiger partial charge in [0.15, 0.2) is 0 Å². The quantitative estimate of drug-likeness (QED) is 0.681. The van der Waals surface area contributed by atoms with E-state index in [0.29, 0.717) is 0 Å². The third-order valence-electron chi connectivity index (χ3n) is 4.27. The average Bonchev–Trinajstić information content (AvgIpc) is 2.19. The Hall–Kier alpha value is -0.0400. The van der Waals surface area contributed by atoms with Crippen molar-refractivity contribution in [2.75, 3.05) is 7.05 Å². The van der Waals surface area contributed by atoms with Gasteiger partial charge in [-0.2, -0.15) is 0 Å². The first-order chi connectivity index (χ1) is 7.11. The van der Waals surface area contributed by atoms with Gasteiger partial charge in [-0.25, -0.2) is 0 Å². The Morgan fingerprint density at radius 1 is 0.933 bits per heavy atom. The van der Waals surface area contributed by atoms with Crippen molar-refractivity contribution < 1.29 is 0 Å². The Kier molecular flexibility index (Phi) is 5.11. The number of hydrogen-bond acceptors (Lipinski definition) is 1. The molecule has 0 unspecified atom stereocenters. The lowest BCUT2D eigenvalue weighted by molar-refractivity contribution is 0.0229. The Labute approximate surface area is 96.2 Å². The minimum Gasteiger partial charge on any atom is -0.300 e. The van der Waals surface area contributed by atoms with Gasteiger partial charge >= 0.3 is 0 Å². The molecule has 0 radical (unpaired) electrons. The molecule has 0 bridgehead atoms. The molecule has 15 heavy (non-hydrogen) atoms. The predicted octanol–water partition coefficient (Wildman–Crippen LogP) is 3.93. The van der Waals surface area contributed by atoms with Gasteiger partial charge in [-0.15, -0.1) is 0 Å². The molecule has 0 aromatic heterocycles. The molecule has 1 fully saturated rings. The second kappa shape index (κ2) is 5.89. The highest BCUT2D eigenvalue weighted by Gasteiger charge is 2.35. The third kappa shape index (κ3) is 2.96. The van der Waals surface area contributed by atoms with Crippen molar-refractivity contribution in [1.29, 1.82) is 0 Å². The molecule has 1 heteroatoms. The fourth-order valence-corrected chi connectivity index (χ4v) is 3.52. The van der Waals surface area contributed by atoms with Crippen molar-refractivity contribution in [1.82, 2.24) is 4.90 Å². The summed E-state index contributed by atoms with van der Waals surface area (Å²) in [6.45, 7) is 9.51. The summed E-state index contributed by atoms with van der Waals surface area (Å²) < 4.78 is 0. The van der Waals surface area contributed by atoms with Crippen molar-refractivity contribution in [2.24, 2.45) is 11.8 Å². The molecule has 1 rings (SSSR count). The van der Waals surface area contributed by atoms with Gasteiger partial charge in [-0.05, 0) is 38.1 Å². The molecule has 0 N–H and O–H groups in total. The summed E-state index contributed by atoms with van der Waals surface area (Å²) in [6, 6.07) is 1.67. The zero-order valence-electron chi connectivity index (χ0n) is 11.3. The van der Waals surface area contributed by atoms with Gasteiger partial charge < -0.3 is 0 Å². The van der Waals surface area contributed by atoms with E-state index in [1.54, 1.807) is 0 Å². The summed E-state index contributed by atoms with van der Waals surface area (Å²) in [7, 11) is 2.35. The Bertz CT molecular complexity index is 160. The normalized spacial score (nSPS) is 38.2. The van der Waals surface area contributed by atoms with Crippen LogP contribution in [0.1, 0.15) is 59.8 Å². The standard InChI is InChI=1S/C14H29N/c1-6-8-13-11(3)10-12(4)14(9-7-2)15(13)5/h11-14H,6-10H2,1-5H3/t11-,12+,13-,14+. The van der Waals surface area contributed by atoms with Gasteiger partial charge in [-0.1, -0.05) is 40.5 Å². The highest BCUT2D eigenvalue weighted by atomic mass is 15.2. The molecule has 0 aromatic rings. The Morgan fingerprint density at radius 2 is 1.33 bits per heavy atom. The maximum Gasteiger partial charge on any atom is 0.0121 e. The fourth-order valence-electron chi connectivity index (χ4n) is 3.52. The highest BCUT2D eigenvalue weighted by Crippen LogP contribution is 2.34. The molecule has 1 aliphatic rings. The van der Waals surface area contributed by atoms with E-state index in [1.807, 2.05) is 0 Å². The van der Waals surface area contributed by atoms with Crippen LogP contribution >= 0.6 is 0 Å². The number of rotatable bonds is 4. The fraction of sp³-hybridized carbons (Fsp3) is 1.00. The summed E-state index contributed by atoms with van der Waals surface area (Å²) >= 11 is 0. The molecule has 1 aliphatic heterocycles. The van der Waals surface area contributed by atoms with Gasteiger partial charge in [0.1, 0.15) is 0 Å². The molecule has 1 nitrogen and oxygen atoms in total. The Morgan fingerprint density at radius 3 is 1.67 bits per heavy atom. The van der Waals surface area contributed by atoms with E-state index in [0.717, 1.165) is 23.9 Å². The summed E-state index contributed by atoms with van der Waals surface area (Å²) in [5.74, 6) is 1.77. The topological polar surface area (TPSA) is 3.24 Å². The van der Waals surface area contributed by atoms with E-state index < -0.39 is 0 Å². The van der Waals surface area contributed by atoms with E-state index in [-0.39, 0.29) is 0 Å². The van der Waals surface area contributed by atoms with Crippen LogP contribution in [-0.4, -0.2) is 24.0 Å². The molecule has 4 atom stereocenters. The summed E-state index contributed by atoms with van der Waals surface area (Å²) in [6.07, 6.45) is 6.84. The van der Waals surface area contributed by atoms with Crippen LogP contribution in [0.25, 0.3) is 0 Å². The number of piperidine rings is 1. The zero-order valence-corrected chi connectivity index (χ0v) is 11.3. The minimum absolute atomic E-state index is 0.836. The van der Waals surface area contributed by atoms with Crippen molar-refractivity contribution in [3.05, 3.63) is 0 Å². The lowest BCUT2D eigenvalue weighted by Crippen LogP contribution is -2.51. The van der Waals surface area contributed by atoms with Crippen LogP contribution in [0.3, 0.4) is 0 Å². The highest BCUT2D eigenvalue weighted by molar-refractivity contribution is 4.89.